The highest BCUT2D eigenvalue weighted by Gasteiger charge is 2.08. The van der Waals surface area contributed by atoms with Crippen molar-refractivity contribution in [1.82, 2.24) is 9.97 Å². The Morgan fingerprint density at radius 1 is 1.29 bits per heavy atom. The molecule has 3 nitrogen and oxygen atoms in total. The van der Waals surface area contributed by atoms with Crippen molar-refractivity contribution in [2.24, 2.45) is 0 Å². The Bertz CT molecular complexity index is 353. The molecule has 4 heteroatoms. The molecule has 17 heavy (non-hydrogen) atoms. The molecule has 0 aliphatic heterocycles. The number of anilines is 1. The first-order valence-corrected chi connectivity index (χ1v) is 7.13. The highest BCUT2D eigenvalue weighted by atomic mass is 79.9. The highest BCUT2D eigenvalue weighted by molar-refractivity contribution is 9.10. The van der Waals surface area contributed by atoms with Crippen LogP contribution >= 0.6 is 15.9 Å². The van der Waals surface area contributed by atoms with Crippen molar-refractivity contribution in [3.8, 4) is 0 Å². The molecule has 0 fully saturated rings. The van der Waals surface area contributed by atoms with E-state index in [1.165, 1.54) is 19.3 Å². The van der Waals surface area contributed by atoms with Crippen LogP contribution in [0.15, 0.2) is 10.7 Å². The Labute approximate surface area is 113 Å². The van der Waals surface area contributed by atoms with Crippen molar-refractivity contribution in [2.75, 3.05) is 5.32 Å². The third-order valence-electron chi connectivity index (χ3n) is 2.61. The van der Waals surface area contributed by atoms with Crippen LogP contribution in [0.1, 0.15) is 58.7 Å². The quantitative estimate of drug-likeness (QED) is 0.794. The fraction of sp³-hybridized carbons (Fsp3) is 0.692. The van der Waals surface area contributed by atoms with E-state index in [1.807, 2.05) is 6.07 Å². The lowest BCUT2D eigenvalue weighted by Crippen LogP contribution is -2.16. The largest absolute Gasteiger partial charge is 0.367 e. The molecule has 0 spiro atoms. The summed E-state index contributed by atoms with van der Waals surface area (Å²) in [7, 11) is 0. The van der Waals surface area contributed by atoms with E-state index >= 15 is 0 Å². The van der Waals surface area contributed by atoms with Crippen LogP contribution in [0, 0.1) is 0 Å². The Kier molecular flexibility index (Phi) is 5.89. The number of hydrogen-bond donors (Lipinski definition) is 1. The van der Waals surface area contributed by atoms with Gasteiger partial charge >= 0.3 is 0 Å². The van der Waals surface area contributed by atoms with Crippen molar-refractivity contribution in [3.05, 3.63) is 16.5 Å². The molecule has 1 unspecified atom stereocenters. The van der Waals surface area contributed by atoms with Crippen LogP contribution in [0.5, 0.6) is 0 Å². The molecule has 96 valence electrons. The van der Waals surface area contributed by atoms with Crippen molar-refractivity contribution >= 4 is 21.7 Å². The van der Waals surface area contributed by atoms with Crippen LogP contribution < -0.4 is 5.32 Å². The molecule has 1 heterocycles. The number of nitrogens with one attached hydrogen (secondary N) is 1. The zero-order valence-corrected chi connectivity index (χ0v) is 12.7. The van der Waals surface area contributed by atoms with Crippen LogP contribution in [-0.2, 0) is 0 Å². The Balaban J connectivity index is 2.70. The van der Waals surface area contributed by atoms with Gasteiger partial charge in [0.05, 0.1) is 0 Å². The van der Waals surface area contributed by atoms with Crippen LogP contribution in [0.2, 0.25) is 0 Å². The molecule has 0 saturated heterocycles. The van der Waals surface area contributed by atoms with Crippen molar-refractivity contribution in [1.29, 1.82) is 0 Å². The van der Waals surface area contributed by atoms with Gasteiger partial charge in [0.15, 0.2) is 0 Å². The molecule has 1 atom stereocenters. The summed E-state index contributed by atoms with van der Waals surface area (Å²) in [5.41, 5.74) is 0. The molecule has 0 radical (unpaired) electrons. The van der Waals surface area contributed by atoms with E-state index < -0.39 is 0 Å². The number of unbranched alkanes of at least 4 members (excludes halogenated alkanes) is 1. The standard InChI is InChI=1S/C13H22BrN3/c1-5-6-7-10(4)15-12-8-11(14)16-13(17-12)9(2)3/h8-10H,5-7H2,1-4H3,(H,15,16,17). The summed E-state index contributed by atoms with van der Waals surface area (Å²) in [6.45, 7) is 8.61. The molecule has 0 saturated carbocycles. The summed E-state index contributed by atoms with van der Waals surface area (Å²) in [5.74, 6) is 2.14. The average molecular weight is 300 g/mol. The van der Waals surface area contributed by atoms with E-state index in [9.17, 15) is 0 Å². The number of rotatable bonds is 6. The molecule has 1 N–H and O–H groups in total. The molecular formula is C13H22BrN3. The minimum absolute atomic E-state index is 0.346. The second-order valence-electron chi connectivity index (χ2n) is 4.78. The van der Waals surface area contributed by atoms with E-state index in [0.29, 0.717) is 12.0 Å². The molecule has 1 aromatic heterocycles. The summed E-state index contributed by atoms with van der Waals surface area (Å²) in [4.78, 5) is 8.90. The van der Waals surface area contributed by atoms with Gasteiger partial charge in [-0.2, -0.15) is 0 Å². The summed E-state index contributed by atoms with van der Waals surface area (Å²) >= 11 is 3.43. The third-order valence-corrected chi connectivity index (χ3v) is 3.02. The summed E-state index contributed by atoms with van der Waals surface area (Å²) in [6, 6.07) is 2.39. The zero-order valence-electron chi connectivity index (χ0n) is 11.1. The minimum Gasteiger partial charge on any atom is -0.367 e. The maximum absolute atomic E-state index is 4.53. The maximum Gasteiger partial charge on any atom is 0.134 e. The van der Waals surface area contributed by atoms with Gasteiger partial charge in [-0.05, 0) is 29.3 Å². The Hall–Kier alpha value is -0.640. The summed E-state index contributed by atoms with van der Waals surface area (Å²) in [5, 5.41) is 3.43. The van der Waals surface area contributed by atoms with Gasteiger partial charge in [0.2, 0.25) is 0 Å². The SMILES string of the molecule is CCCCC(C)Nc1cc(Br)nc(C(C)C)n1. The number of hydrogen-bond acceptors (Lipinski definition) is 3. The predicted octanol–water partition coefficient (Wildman–Crippen LogP) is 4.35. The maximum atomic E-state index is 4.53. The van der Waals surface area contributed by atoms with Crippen molar-refractivity contribution < 1.29 is 0 Å². The van der Waals surface area contributed by atoms with Gasteiger partial charge in [0, 0.05) is 18.0 Å². The fourth-order valence-corrected chi connectivity index (χ4v) is 2.00. The number of aromatic nitrogens is 2. The molecule has 0 amide bonds. The lowest BCUT2D eigenvalue weighted by atomic mass is 10.1. The molecule has 0 aliphatic carbocycles. The van der Waals surface area contributed by atoms with Crippen LogP contribution in [-0.4, -0.2) is 16.0 Å². The predicted molar refractivity (Wildman–Crippen MR) is 76.4 cm³/mol. The van der Waals surface area contributed by atoms with Gasteiger partial charge in [-0.25, -0.2) is 9.97 Å². The molecule has 0 aliphatic rings. The Morgan fingerprint density at radius 3 is 2.59 bits per heavy atom. The van der Waals surface area contributed by atoms with E-state index in [2.05, 4.69) is 58.9 Å². The zero-order chi connectivity index (χ0) is 12.8. The topological polar surface area (TPSA) is 37.8 Å². The second kappa shape index (κ2) is 6.94. The summed E-state index contributed by atoms with van der Waals surface area (Å²) in [6.07, 6.45) is 3.66. The van der Waals surface area contributed by atoms with Gasteiger partial charge in [0.25, 0.3) is 0 Å². The first kappa shape index (κ1) is 14.4. The van der Waals surface area contributed by atoms with Gasteiger partial charge in [-0.1, -0.05) is 33.6 Å². The molecule has 1 aromatic rings. The van der Waals surface area contributed by atoms with Gasteiger partial charge < -0.3 is 5.32 Å². The molecule has 0 aromatic carbocycles. The van der Waals surface area contributed by atoms with Crippen molar-refractivity contribution in [3.63, 3.8) is 0 Å². The normalized spacial score (nSPS) is 12.8. The molecule has 0 bridgehead atoms. The second-order valence-corrected chi connectivity index (χ2v) is 5.59. The van der Waals surface area contributed by atoms with Crippen LogP contribution in [0.3, 0.4) is 0 Å². The lowest BCUT2D eigenvalue weighted by Gasteiger charge is -2.15. The highest BCUT2D eigenvalue weighted by Crippen LogP contribution is 2.18. The summed E-state index contributed by atoms with van der Waals surface area (Å²) < 4.78 is 0.849. The van der Waals surface area contributed by atoms with Crippen LogP contribution in [0.4, 0.5) is 5.82 Å². The van der Waals surface area contributed by atoms with Gasteiger partial charge in [-0.3, -0.25) is 0 Å². The Morgan fingerprint density at radius 2 is 2.00 bits per heavy atom. The third kappa shape index (κ3) is 5.02. The van der Waals surface area contributed by atoms with E-state index in [0.717, 1.165) is 16.2 Å². The number of nitrogens with zero attached hydrogens (tertiary/aromatic N) is 2. The van der Waals surface area contributed by atoms with Crippen molar-refractivity contribution in [2.45, 2.75) is 58.9 Å². The smallest absolute Gasteiger partial charge is 0.134 e. The fourth-order valence-electron chi connectivity index (χ4n) is 1.60. The lowest BCUT2D eigenvalue weighted by molar-refractivity contribution is 0.641. The first-order chi connectivity index (χ1) is 8.02. The molecule has 1 rings (SSSR count). The van der Waals surface area contributed by atoms with Gasteiger partial charge in [-0.15, -0.1) is 0 Å². The molecular weight excluding hydrogens is 278 g/mol. The monoisotopic (exact) mass is 299 g/mol. The first-order valence-electron chi connectivity index (χ1n) is 6.34. The van der Waals surface area contributed by atoms with Gasteiger partial charge in [0.1, 0.15) is 16.2 Å². The van der Waals surface area contributed by atoms with E-state index in [4.69, 9.17) is 0 Å². The van der Waals surface area contributed by atoms with E-state index in [-0.39, 0.29) is 0 Å². The van der Waals surface area contributed by atoms with E-state index in [1.54, 1.807) is 0 Å². The number of halogens is 1. The van der Waals surface area contributed by atoms with Crippen LogP contribution in [0.25, 0.3) is 0 Å². The average Bonchev–Trinajstić information content (AvgIpc) is 2.25. The minimum atomic E-state index is 0.346.